The number of carbonyl (C=O) groups excluding carboxylic acids is 1. The van der Waals surface area contributed by atoms with Gasteiger partial charge in [0.2, 0.25) is 11.9 Å². The number of hydrogen-bond donors (Lipinski definition) is 1. The molecule has 2 aromatic heterocycles. The highest BCUT2D eigenvalue weighted by Crippen LogP contribution is 2.32. The van der Waals surface area contributed by atoms with Crippen LogP contribution >= 0.6 is 11.8 Å². The third kappa shape index (κ3) is 4.40. The zero-order valence-electron chi connectivity index (χ0n) is 16.9. The van der Waals surface area contributed by atoms with Gasteiger partial charge in [0.15, 0.2) is 11.0 Å². The molecule has 0 unspecified atom stereocenters. The molecular formula is C19H23N7O3S. The first-order valence-electron chi connectivity index (χ1n) is 9.72. The fourth-order valence-electron chi connectivity index (χ4n) is 3.31. The first-order chi connectivity index (χ1) is 14.7. The number of ether oxygens (including phenoxy) is 1. The largest absolute Gasteiger partial charge is 0.495 e. The molecule has 30 heavy (non-hydrogen) atoms. The van der Waals surface area contributed by atoms with Crippen molar-refractivity contribution in [2.24, 2.45) is 0 Å². The van der Waals surface area contributed by atoms with Gasteiger partial charge in [0.1, 0.15) is 5.75 Å². The predicted octanol–water partition coefficient (Wildman–Crippen LogP) is 2.69. The molecule has 1 amide bonds. The van der Waals surface area contributed by atoms with Crippen LogP contribution in [0.1, 0.15) is 25.1 Å². The Morgan fingerprint density at radius 3 is 2.77 bits per heavy atom. The maximum Gasteiger partial charge on any atom is 0.328 e. The number of nitrogens with zero attached hydrogens (tertiary/aromatic N) is 6. The lowest BCUT2D eigenvalue weighted by Crippen LogP contribution is -2.31. The summed E-state index contributed by atoms with van der Waals surface area (Å²) >= 11 is 1.29. The van der Waals surface area contributed by atoms with E-state index in [1.165, 1.54) is 18.2 Å². The number of thioether (sulfide) groups is 1. The Hall–Kier alpha value is -3.08. The molecule has 0 spiro atoms. The summed E-state index contributed by atoms with van der Waals surface area (Å²) < 4.78 is 12.5. The van der Waals surface area contributed by atoms with Gasteiger partial charge in [-0.3, -0.25) is 14.7 Å². The molecule has 1 aliphatic heterocycles. The number of aryl methyl sites for hydroxylation is 1. The van der Waals surface area contributed by atoms with Crippen molar-refractivity contribution in [3.63, 3.8) is 0 Å². The number of anilines is 2. The minimum atomic E-state index is -0.266. The number of carbonyl (C=O) groups is 1. The molecule has 0 bridgehead atoms. The molecule has 1 aromatic carbocycles. The molecule has 0 atom stereocenters. The summed E-state index contributed by atoms with van der Waals surface area (Å²) in [5.41, 5.74) is 0.834. The van der Waals surface area contributed by atoms with Crippen molar-refractivity contribution in [1.29, 1.82) is 0 Å². The monoisotopic (exact) mass is 429 g/mol. The molecule has 1 saturated heterocycles. The molecule has 3 aromatic rings. The van der Waals surface area contributed by atoms with E-state index in [0.717, 1.165) is 37.6 Å². The van der Waals surface area contributed by atoms with Crippen LogP contribution in [0.4, 0.5) is 12.0 Å². The zero-order chi connectivity index (χ0) is 20.9. The van der Waals surface area contributed by atoms with Gasteiger partial charge in [-0.05, 0) is 38.3 Å². The molecule has 1 N–H and O–H groups in total. The number of rotatable bonds is 7. The van der Waals surface area contributed by atoms with E-state index in [4.69, 9.17) is 9.26 Å². The van der Waals surface area contributed by atoms with Crippen molar-refractivity contribution in [3.8, 4) is 11.4 Å². The van der Waals surface area contributed by atoms with E-state index in [0.29, 0.717) is 16.7 Å². The second-order valence-corrected chi connectivity index (χ2v) is 7.76. The summed E-state index contributed by atoms with van der Waals surface area (Å²) in [5, 5.41) is 15.7. The normalized spacial score (nSPS) is 14.0. The molecule has 11 heteroatoms. The van der Waals surface area contributed by atoms with Gasteiger partial charge in [-0.15, -0.1) is 10.2 Å². The average Bonchev–Trinajstić information content (AvgIpc) is 3.38. The zero-order valence-corrected chi connectivity index (χ0v) is 17.7. The Labute approximate surface area is 178 Å². The molecule has 3 heterocycles. The first kappa shape index (κ1) is 20.2. The molecule has 1 aliphatic rings. The first-order valence-corrected chi connectivity index (χ1v) is 10.7. The van der Waals surface area contributed by atoms with E-state index >= 15 is 0 Å². The van der Waals surface area contributed by atoms with Gasteiger partial charge in [-0.25, -0.2) is 0 Å². The summed E-state index contributed by atoms with van der Waals surface area (Å²) in [7, 11) is 1.64. The molecular weight excluding hydrogens is 406 g/mol. The fourth-order valence-corrected chi connectivity index (χ4v) is 4.05. The third-order valence-corrected chi connectivity index (χ3v) is 5.62. The van der Waals surface area contributed by atoms with Crippen molar-refractivity contribution in [3.05, 3.63) is 30.1 Å². The SMILES string of the molecule is COc1ccccc1-n1c(SCC(=O)Nc2nc(C)no2)nnc1N1CCCCC1. The van der Waals surface area contributed by atoms with E-state index in [9.17, 15) is 4.79 Å². The highest BCUT2D eigenvalue weighted by molar-refractivity contribution is 7.99. The van der Waals surface area contributed by atoms with E-state index in [1.54, 1.807) is 14.0 Å². The second-order valence-electron chi connectivity index (χ2n) is 6.82. The van der Waals surface area contributed by atoms with Gasteiger partial charge >= 0.3 is 6.01 Å². The molecule has 0 aliphatic carbocycles. The number of methoxy groups -OCH3 is 1. The van der Waals surface area contributed by atoms with Crippen molar-refractivity contribution < 1.29 is 14.1 Å². The summed E-state index contributed by atoms with van der Waals surface area (Å²) in [6, 6.07) is 7.80. The van der Waals surface area contributed by atoms with Crippen LogP contribution in [0, 0.1) is 6.92 Å². The topological polar surface area (TPSA) is 111 Å². The van der Waals surface area contributed by atoms with Crippen LogP contribution in [0.15, 0.2) is 33.9 Å². The van der Waals surface area contributed by atoms with Crippen LogP contribution in [-0.2, 0) is 4.79 Å². The van der Waals surface area contributed by atoms with E-state index in [1.807, 2.05) is 28.8 Å². The van der Waals surface area contributed by atoms with Gasteiger partial charge < -0.3 is 14.2 Å². The molecule has 10 nitrogen and oxygen atoms in total. The number of para-hydroxylation sites is 2. The van der Waals surface area contributed by atoms with Crippen molar-refractivity contribution in [2.75, 3.05) is 36.2 Å². The number of piperidine rings is 1. The smallest absolute Gasteiger partial charge is 0.328 e. The number of aromatic nitrogens is 5. The lowest BCUT2D eigenvalue weighted by Gasteiger charge is -2.28. The minimum Gasteiger partial charge on any atom is -0.495 e. The van der Waals surface area contributed by atoms with Gasteiger partial charge in [-0.2, -0.15) is 4.98 Å². The van der Waals surface area contributed by atoms with Crippen LogP contribution in [0.2, 0.25) is 0 Å². The predicted molar refractivity (Wildman–Crippen MR) is 112 cm³/mol. The van der Waals surface area contributed by atoms with Gasteiger partial charge in [0, 0.05) is 13.1 Å². The standard InChI is InChI=1S/C19H23N7O3S/c1-13-20-17(29-24-13)21-16(27)12-30-19-23-22-18(25-10-6-3-7-11-25)26(19)14-8-4-5-9-15(14)28-2/h4-5,8-9H,3,6-7,10-12H2,1-2H3,(H,20,21,24,27). The highest BCUT2D eigenvalue weighted by Gasteiger charge is 2.24. The maximum atomic E-state index is 12.3. The Kier molecular flexibility index (Phi) is 6.17. The number of nitrogens with one attached hydrogen (secondary N) is 1. The summed E-state index contributed by atoms with van der Waals surface area (Å²) in [6.45, 7) is 3.54. The Morgan fingerprint density at radius 2 is 2.03 bits per heavy atom. The Bertz CT molecular complexity index is 1010. The van der Waals surface area contributed by atoms with Gasteiger partial charge in [0.05, 0.1) is 18.6 Å². The maximum absolute atomic E-state index is 12.3. The minimum absolute atomic E-state index is 0.0818. The quantitative estimate of drug-likeness (QED) is 0.567. The molecule has 158 valence electrons. The average molecular weight is 430 g/mol. The Morgan fingerprint density at radius 1 is 1.23 bits per heavy atom. The third-order valence-electron chi connectivity index (χ3n) is 4.69. The number of hydrogen-bond acceptors (Lipinski definition) is 9. The number of benzene rings is 1. The molecule has 1 fully saturated rings. The summed E-state index contributed by atoms with van der Waals surface area (Å²) in [5.74, 6) is 1.78. The van der Waals surface area contributed by atoms with Crippen molar-refractivity contribution in [1.82, 2.24) is 24.9 Å². The van der Waals surface area contributed by atoms with Gasteiger partial charge in [-0.1, -0.05) is 29.1 Å². The lowest BCUT2D eigenvalue weighted by atomic mass is 10.1. The molecule has 0 saturated carbocycles. The summed E-state index contributed by atoms with van der Waals surface area (Å²) in [6.07, 6.45) is 3.46. The van der Waals surface area contributed by atoms with Crippen molar-refractivity contribution in [2.45, 2.75) is 31.3 Å². The van der Waals surface area contributed by atoms with Gasteiger partial charge in [0.25, 0.3) is 0 Å². The van der Waals surface area contributed by atoms with E-state index in [-0.39, 0.29) is 17.7 Å². The second kappa shape index (κ2) is 9.16. The van der Waals surface area contributed by atoms with E-state index in [2.05, 4.69) is 30.6 Å². The van der Waals surface area contributed by atoms with Crippen LogP contribution < -0.4 is 15.0 Å². The number of amides is 1. The van der Waals surface area contributed by atoms with Crippen molar-refractivity contribution >= 4 is 29.6 Å². The van der Waals surface area contributed by atoms with Crippen LogP contribution in [-0.4, -0.2) is 56.8 Å². The Balaban J connectivity index is 1.59. The highest BCUT2D eigenvalue weighted by atomic mass is 32.2. The molecule has 0 radical (unpaired) electrons. The van der Waals surface area contributed by atoms with Crippen LogP contribution in [0.3, 0.4) is 0 Å². The fraction of sp³-hybridized carbons (Fsp3) is 0.421. The van der Waals surface area contributed by atoms with Crippen LogP contribution in [0.25, 0.3) is 5.69 Å². The van der Waals surface area contributed by atoms with E-state index < -0.39 is 0 Å². The molecule has 4 rings (SSSR count). The summed E-state index contributed by atoms with van der Waals surface area (Å²) in [4.78, 5) is 18.5. The lowest BCUT2D eigenvalue weighted by molar-refractivity contribution is -0.114. The van der Waals surface area contributed by atoms with Crippen LogP contribution in [0.5, 0.6) is 5.75 Å².